The van der Waals surface area contributed by atoms with Crippen LogP contribution in [0.2, 0.25) is 0 Å². The molecule has 3 heterocycles. The third-order valence-electron chi connectivity index (χ3n) is 4.84. The lowest BCUT2D eigenvalue weighted by molar-refractivity contribution is 0.310. The number of rotatable bonds is 7. The minimum atomic E-state index is -0.163. The predicted octanol–water partition coefficient (Wildman–Crippen LogP) is 2.48. The second-order valence-corrected chi connectivity index (χ2v) is 6.87. The Hall–Kier alpha value is -3.61. The Balaban J connectivity index is 1.66. The number of hydrogen-bond donors (Lipinski definition) is 1. The zero-order valence-electron chi connectivity index (χ0n) is 16.2. The van der Waals surface area contributed by atoms with Crippen LogP contribution in [0.25, 0.3) is 10.9 Å². The highest BCUT2D eigenvalue weighted by Gasteiger charge is 2.16. The number of nitrogens with one attached hydrogen (secondary N) is 1. The highest BCUT2D eigenvalue weighted by Crippen LogP contribution is 2.16. The second kappa shape index (κ2) is 8.18. The van der Waals surface area contributed by atoms with Gasteiger partial charge in [-0.25, -0.2) is 0 Å². The number of hydrogen-bond acceptors (Lipinski definition) is 4. The average Bonchev–Trinajstić information content (AvgIpc) is 3.02. The number of nitrogens with zero attached hydrogens (tertiary/aromatic N) is 3. The Labute approximate surface area is 167 Å². The summed E-state index contributed by atoms with van der Waals surface area (Å²) in [5, 5.41) is 3.50. The summed E-state index contributed by atoms with van der Waals surface area (Å²) in [6.07, 6.45) is 2.91. The van der Waals surface area contributed by atoms with Crippen molar-refractivity contribution >= 4 is 10.9 Å². The molecule has 29 heavy (non-hydrogen) atoms. The quantitative estimate of drug-likeness (QED) is 0.492. The molecule has 0 aliphatic heterocycles. The van der Waals surface area contributed by atoms with Gasteiger partial charge in [-0.05, 0) is 37.1 Å². The maximum Gasteiger partial charge on any atom is 0.275 e. The molecular weight excluding hydrogens is 368 g/mol. The molecule has 0 radical (unpaired) electrons. The fraction of sp³-hybridized carbons (Fsp3) is 0.227. The summed E-state index contributed by atoms with van der Waals surface area (Å²) in [5.41, 5.74) is 1.72. The second-order valence-electron chi connectivity index (χ2n) is 6.87. The van der Waals surface area contributed by atoms with Crippen molar-refractivity contribution in [3.05, 3.63) is 92.9 Å². The Morgan fingerprint density at radius 2 is 1.86 bits per heavy atom. The smallest absolute Gasteiger partial charge is 0.275 e. The van der Waals surface area contributed by atoms with Gasteiger partial charge in [0.25, 0.3) is 11.1 Å². The standard InChI is InChI=1S/C22H22N4O3/c1-25-22(28)21-18(24-25)14-20(27)26(15-16-8-5-6-12-23-16)19(21)11-7-13-29-17-9-3-2-4-10-17/h2-6,8-10,12,14,24H,7,11,13,15H2,1H3. The van der Waals surface area contributed by atoms with Crippen LogP contribution < -0.4 is 15.9 Å². The van der Waals surface area contributed by atoms with Crippen molar-refractivity contribution in [3.8, 4) is 5.75 Å². The summed E-state index contributed by atoms with van der Waals surface area (Å²) in [7, 11) is 1.65. The molecule has 1 aromatic carbocycles. The number of aromatic nitrogens is 4. The molecule has 148 valence electrons. The lowest BCUT2D eigenvalue weighted by Gasteiger charge is -2.14. The largest absolute Gasteiger partial charge is 0.494 e. The van der Waals surface area contributed by atoms with Gasteiger partial charge >= 0.3 is 0 Å². The van der Waals surface area contributed by atoms with Crippen LogP contribution in [0, 0.1) is 0 Å². The van der Waals surface area contributed by atoms with Crippen LogP contribution in [0.1, 0.15) is 17.8 Å². The van der Waals surface area contributed by atoms with E-state index >= 15 is 0 Å². The van der Waals surface area contributed by atoms with E-state index in [9.17, 15) is 9.59 Å². The summed E-state index contributed by atoms with van der Waals surface area (Å²) < 4.78 is 8.82. The van der Waals surface area contributed by atoms with E-state index in [4.69, 9.17) is 4.74 Å². The monoisotopic (exact) mass is 390 g/mol. The maximum atomic E-state index is 12.8. The third kappa shape index (κ3) is 3.99. The van der Waals surface area contributed by atoms with Crippen LogP contribution in [0.15, 0.2) is 70.4 Å². The molecule has 0 fully saturated rings. The van der Waals surface area contributed by atoms with Gasteiger partial charge in [0.15, 0.2) is 0 Å². The predicted molar refractivity (Wildman–Crippen MR) is 111 cm³/mol. The maximum absolute atomic E-state index is 12.8. The first-order valence-corrected chi connectivity index (χ1v) is 9.52. The Bertz CT molecular complexity index is 1220. The van der Waals surface area contributed by atoms with Gasteiger partial charge in [0.1, 0.15) is 5.75 Å². The molecular formula is C22H22N4O3. The number of aryl methyl sites for hydroxylation is 2. The summed E-state index contributed by atoms with van der Waals surface area (Å²) >= 11 is 0. The molecule has 1 N–H and O–H groups in total. The molecule has 7 heteroatoms. The van der Waals surface area contributed by atoms with E-state index in [1.807, 2.05) is 48.5 Å². The van der Waals surface area contributed by atoms with Crippen molar-refractivity contribution in [3.63, 3.8) is 0 Å². The molecule has 0 bridgehead atoms. The third-order valence-corrected chi connectivity index (χ3v) is 4.84. The van der Waals surface area contributed by atoms with E-state index in [0.717, 1.165) is 11.4 Å². The molecule has 0 saturated carbocycles. The lowest BCUT2D eigenvalue weighted by Crippen LogP contribution is -2.26. The molecule has 4 rings (SSSR count). The van der Waals surface area contributed by atoms with E-state index < -0.39 is 0 Å². The zero-order valence-corrected chi connectivity index (χ0v) is 16.2. The van der Waals surface area contributed by atoms with Crippen LogP contribution in [0.3, 0.4) is 0 Å². The lowest BCUT2D eigenvalue weighted by atomic mass is 10.1. The molecule has 0 saturated heterocycles. The first-order valence-electron chi connectivity index (χ1n) is 9.52. The number of pyridine rings is 2. The normalized spacial score (nSPS) is 11.1. The summed E-state index contributed by atoms with van der Waals surface area (Å²) in [4.78, 5) is 29.8. The van der Waals surface area contributed by atoms with Crippen molar-refractivity contribution in [1.29, 1.82) is 0 Å². The number of aromatic amines is 1. The van der Waals surface area contributed by atoms with Crippen molar-refractivity contribution in [2.45, 2.75) is 19.4 Å². The van der Waals surface area contributed by atoms with Crippen LogP contribution in [0.4, 0.5) is 0 Å². The van der Waals surface area contributed by atoms with Gasteiger partial charge in [-0.2, -0.15) is 0 Å². The minimum Gasteiger partial charge on any atom is -0.494 e. The first kappa shape index (κ1) is 18.7. The molecule has 0 aliphatic carbocycles. The Morgan fingerprint density at radius 1 is 1.07 bits per heavy atom. The van der Waals surface area contributed by atoms with Crippen molar-refractivity contribution in [2.75, 3.05) is 6.61 Å². The molecule has 4 aromatic rings. The van der Waals surface area contributed by atoms with Gasteiger partial charge in [0.05, 0.1) is 29.7 Å². The van der Waals surface area contributed by atoms with E-state index in [2.05, 4.69) is 10.1 Å². The van der Waals surface area contributed by atoms with Gasteiger partial charge in [0.2, 0.25) is 0 Å². The van der Waals surface area contributed by atoms with Crippen molar-refractivity contribution in [1.82, 2.24) is 19.3 Å². The molecule has 0 amide bonds. The van der Waals surface area contributed by atoms with Crippen LogP contribution >= 0.6 is 0 Å². The van der Waals surface area contributed by atoms with Gasteiger partial charge in [0, 0.05) is 25.0 Å². The summed E-state index contributed by atoms with van der Waals surface area (Å²) in [5.74, 6) is 0.800. The molecule has 3 aromatic heterocycles. The number of fused-ring (bicyclic) bond motifs is 1. The van der Waals surface area contributed by atoms with Gasteiger partial charge < -0.3 is 9.30 Å². The zero-order chi connectivity index (χ0) is 20.2. The molecule has 0 aliphatic rings. The molecule has 7 nitrogen and oxygen atoms in total. The molecule has 0 atom stereocenters. The van der Waals surface area contributed by atoms with E-state index in [1.165, 1.54) is 10.7 Å². The topological polar surface area (TPSA) is 81.9 Å². The van der Waals surface area contributed by atoms with E-state index in [1.54, 1.807) is 17.8 Å². The molecule has 0 spiro atoms. The van der Waals surface area contributed by atoms with Crippen LogP contribution in [0.5, 0.6) is 5.75 Å². The highest BCUT2D eigenvalue weighted by molar-refractivity contribution is 5.80. The van der Waals surface area contributed by atoms with E-state index in [0.29, 0.717) is 42.6 Å². The minimum absolute atomic E-state index is 0.145. The number of benzene rings is 1. The number of para-hydroxylation sites is 1. The molecule has 0 unspecified atom stereocenters. The Kier molecular flexibility index (Phi) is 5.29. The van der Waals surface area contributed by atoms with Crippen LogP contribution in [-0.2, 0) is 20.0 Å². The first-order chi connectivity index (χ1) is 14.1. The number of ether oxygens (including phenoxy) is 1. The average molecular weight is 390 g/mol. The van der Waals surface area contributed by atoms with Crippen molar-refractivity contribution < 1.29 is 4.74 Å². The SMILES string of the molecule is Cn1[nH]c2cc(=O)n(Cc3ccccn3)c(CCCOc3ccccc3)c2c1=O. The fourth-order valence-electron chi connectivity index (χ4n) is 3.46. The van der Waals surface area contributed by atoms with Gasteiger partial charge in [-0.15, -0.1) is 0 Å². The van der Waals surface area contributed by atoms with E-state index in [-0.39, 0.29) is 11.1 Å². The van der Waals surface area contributed by atoms with Gasteiger partial charge in [-0.1, -0.05) is 24.3 Å². The highest BCUT2D eigenvalue weighted by atomic mass is 16.5. The summed E-state index contributed by atoms with van der Waals surface area (Å²) in [6, 6.07) is 16.6. The number of H-pyrrole nitrogens is 1. The van der Waals surface area contributed by atoms with Crippen molar-refractivity contribution in [2.24, 2.45) is 7.05 Å². The summed E-state index contributed by atoms with van der Waals surface area (Å²) in [6.45, 7) is 0.807. The fourth-order valence-corrected chi connectivity index (χ4v) is 3.46. The van der Waals surface area contributed by atoms with Crippen LogP contribution in [-0.4, -0.2) is 25.9 Å². The Morgan fingerprint density at radius 3 is 2.62 bits per heavy atom. The van der Waals surface area contributed by atoms with Gasteiger partial charge in [-0.3, -0.25) is 24.4 Å².